The summed E-state index contributed by atoms with van der Waals surface area (Å²) in [5.74, 6) is 2.58. The normalized spacial score (nSPS) is 12.3. The van der Waals surface area contributed by atoms with Crippen molar-refractivity contribution in [3.63, 3.8) is 0 Å². The third kappa shape index (κ3) is 6.22. The van der Waals surface area contributed by atoms with Gasteiger partial charge in [-0.2, -0.15) is 0 Å². The van der Waals surface area contributed by atoms with Gasteiger partial charge in [0.1, 0.15) is 17.5 Å². The third-order valence-electron chi connectivity index (χ3n) is 2.83. The van der Waals surface area contributed by atoms with Crippen LogP contribution in [-0.4, -0.2) is 22.1 Å². The summed E-state index contributed by atoms with van der Waals surface area (Å²) in [4.78, 5) is 8.91. The number of rotatable bonds is 6. The summed E-state index contributed by atoms with van der Waals surface area (Å²) < 4.78 is 0. The number of hydrogen-bond acceptors (Lipinski definition) is 4. The predicted molar refractivity (Wildman–Crippen MR) is 87.3 cm³/mol. The van der Waals surface area contributed by atoms with Gasteiger partial charge in [-0.1, -0.05) is 27.7 Å². The Kier molecular flexibility index (Phi) is 5.37. The maximum atomic E-state index is 4.49. The highest BCUT2D eigenvalue weighted by molar-refractivity contribution is 5.48. The summed E-state index contributed by atoms with van der Waals surface area (Å²) in [7, 11) is 0. The first-order valence-corrected chi connectivity index (χ1v) is 7.49. The van der Waals surface area contributed by atoms with Crippen molar-refractivity contribution in [1.29, 1.82) is 0 Å². The van der Waals surface area contributed by atoms with Crippen molar-refractivity contribution in [1.82, 2.24) is 9.97 Å². The highest BCUT2D eigenvalue weighted by Crippen LogP contribution is 2.29. The molecular formula is C16H30N4. The van der Waals surface area contributed by atoms with Crippen molar-refractivity contribution in [2.75, 3.05) is 17.2 Å². The van der Waals surface area contributed by atoms with Gasteiger partial charge in [-0.15, -0.1) is 0 Å². The summed E-state index contributed by atoms with van der Waals surface area (Å²) in [6, 6.07) is 1.99. The lowest BCUT2D eigenvalue weighted by Crippen LogP contribution is -2.35. The molecule has 1 rings (SSSR count). The standard InChI is InChI=1S/C16H30N4/c1-8-9-17-13-10-14(19-12(2)18-13)20-16(6,7)11-15(3,4)5/h10H,8-9,11H2,1-7H3,(H2,17,18,19,20). The molecule has 0 bridgehead atoms. The topological polar surface area (TPSA) is 49.8 Å². The second-order valence-corrected chi connectivity index (χ2v) is 7.36. The molecule has 4 heteroatoms. The van der Waals surface area contributed by atoms with E-state index in [4.69, 9.17) is 0 Å². The molecule has 1 heterocycles. The predicted octanol–water partition coefficient (Wildman–Crippen LogP) is 4.23. The highest BCUT2D eigenvalue weighted by atomic mass is 15.1. The zero-order valence-electron chi connectivity index (χ0n) is 14.1. The first kappa shape index (κ1) is 16.7. The van der Waals surface area contributed by atoms with Crippen molar-refractivity contribution in [3.8, 4) is 0 Å². The highest BCUT2D eigenvalue weighted by Gasteiger charge is 2.25. The first-order chi connectivity index (χ1) is 9.11. The fourth-order valence-electron chi connectivity index (χ4n) is 2.69. The lowest BCUT2D eigenvalue weighted by molar-refractivity contribution is 0.302. The van der Waals surface area contributed by atoms with Crippen molar-refractivity contribution in [3.05, 3.63) is 11.9 Å². The van der Waals surface area contributed by atoms with Gasteiger partial charge in [0.2, 0.25) is 0 Å². The van der Waals surface area contributed by atoms with Crippen LogP contribution >= 0.6 is 0 Å². The second kappa shape index (κ2) is 6.42. The average Bonchev–Trinajstić information content (AvgIpc) is 2.21. The smallest absolute Gasteiger partial charge is 0.132 e. The zero-order valence-corrected chi connectivity index (χ0v) is 14.1. The van der Waals surface area contributed by atoms with Gasteiger partial charge in [0.05, 0.1) is 0 Å². The molecule has 1 aromatic rings. The molecule has 0 saturated heterocycles. The van der Waals surface area contributed by atoms with E-state index < -0.39 is 0 Å². The summed E-state index contributed by atoms with van der Waals surface area (Å²) in [6.45, 7) is 16.2. The van der Waals surface area contributed by atoms with Crippen LogP contribution in [0.5, 0.6) is 0 Å². The Morgan fingerprint density at radius 1 is 1.05 bits per heavy atom. The van der Waals surface area contributed by atoms with Crippen LogP contribution in [0.1, 0.15) is 60.2 Å². The summed E-state index contributed by atoms with van der Waals surface area (Å²) in [6.07, 6.45) is 2.15. The van der Waals surface area contributed by atoms with Crippen LogP contribution < -0.4 is 10.6 Å². The Morgan fingerprint density at radius 2 is 1.65 bits per heavy atom. The van der Waals surface area contributed by atoms with Crippen LogP contribution in [-0.2, 0) is 0 Å². The summed E-state index contributed by atoms with van der Waals surface area (Å²) in [5, 5.41) is 6.86. The Hall–Kier alpha value is -1.32. The van der Waals surface area contributed by atoms with E-state index in [-0.39, 0.29) is 11.0 Å². The summed E-state index contributed by atoms with van der Waals surface area (Å²) >= 11 is 0. The molecule has 2 N–H and O–H groups in total. The van der Waals surface area contributed by atoms with E-state index >= 15 is 0 Å². The van der Waals surface area contributed by atoms with Crippen LogP contribution in [0.25, 0.3) is 0 Å². The van der Waals surface area contributed by atoms with Crippen molar-refractivity contribution >= 4 is 11.6 Å². The van der Waals surface area contributed by atoms with Crippen LogP contribution in [0, 0.1) is 12.3 Å². The Bertz CT molecular complexity index is 433. The molecule has 0 amide bonds. The molecule has 0 spiro atoms. The van der Waals surface area contributed by atoms with Crippen LogP contribution in [0.15, 0.2) is 6.07 Å². The second-order valence-electron chi connectivity index (χ2n) is 7.36. The third-order valence-corrected chi connectivity index (χ3v) is 2.83. The lowest BCUT2D eigenvalue weighted by atomic mass is 9.82. The van der Waals surface area contributed by atoms with Crippen LogP contribution in [0.4, 0.5) is 11.6 Å². The van der Waals surface area contributed by atoms with E-state index in [0.717, 1.165) is 36.8 Å². The van der Waals surface area contributed by atoms with E-state index in [9.17, 15) is 0 Å². The fraction of sp³-hybridized carbons (Fsp3) is 0.750. The molecular weight excluding hydrogens is 248 g/mol. The van der Waals surface area contributed by atoms with E-state index in [1.807, 2.05) is 13.0 Å². The van der Waals surface area contributed by atoms with Crippen LogP contribution in [0.2, 0.25) is 0 Å². The lowest BCUT2D eigenvalue weighted by Gasteiger charge is -2.33. The summed E-state index contributed by atoms with van der Waals surface area (Å²) in [5.41, 5.74) is 0.281. The Labute approximate surface area is 123 Å². The van der Waals surface area contributed by atoms with Gasteiger partial charge in [-0.25, -0.2) is 9.97 Å². The van der Waals surface area contributed by atoms with Gasteiger partial charge in [0.25, 0.3) is 0 Å². The molecule has 0 aliphatic heterocycles. The minimum absolute atomic E-state index is 0.00106. The van der Waals surface area contributed by atoms with Gasteiger partial charge >= 0.3 is 0 Å². The SMILES string of the molecule is CCCNc1cc(NC(C)(C)CC(C)(C)C)nc(C)n1. The number of hydrogen-bond donors (Lipinski definition) is 2. The van der Waals surface area contributed by atoms with Crippen molar-refractivity contribution < 1.29 is 0 Å². The van der Waals surface area contributed by atoms with Gasteiger partial charge < -0.3 is 10.6 Å². The van der Waals surface area contributed by atoms with E-state index in [0.29, 0.717) is 0 Å². The quantitative estimate of drug-likeness (QED) is 0.817. The molecule has 20 heavy (non-hydrogen) atoms. The molecule has 0 fully saturated rings. The molecule has 1 aromatic heterocycles. The number of aromatic nitrogens is 2. The minimum atomic E-state index is 0.00106. The Balaban J connectivity index is 2.83. The number of nitrogens with zero attached hydrogens (tertiary/aromatic N) is 2. The Morgan fingerprint density at radius 3 is 2.20 bits per heavy atom. The van der Waals surface area contributed by atoms with E-state index in [1.165, 1.54) is 0 Å². The maximum Gasteiger partial charge on any atom is 0.132 e. The number of nitrogens with one attached hydrogen (secondary N) is 2. The van der Waals surface area contributed by atoms with Crippen LogP contribution in [0.3, 0.4) is 0 Å². The largest absolute Gasteiger partial charge is 0.370 e. The number of anilines is 2. The average molecular weight is 278 g/mol. The molecule has 0 saturated carbocycles. The van der Waals surface area contributed by atoms with Gasteiger partial charge in [0, 0.05) is 18.2 Å². The number of aryl methyl sites for hydroxylation is 1. The maximum absolute atomic E-state index is 4.49. The van der Waals surface area contributed by atoms with E-state index in [1.54, 1.807) is 0 Å². The fourth-order valence-corrected chi connectivity index (χ4v) is 2.69. The van der Waals surface area contributed by atoms with E-state index in [2.05, 4.69) is 62.1 Å². The molecule has 0 atom stereocenters. The molecule has 0 aromatic carbocycles. The zero-order chi connectivity index (χ0) is 15.4. The monoisotopic (exact) mass is 278 g/mol. The van der Waals surface area contributed by atoms with Gasteiger partial charge in [0.15, 0.2) is 0 Å². The van der Waals surface area contributed by atoms with Crippen molar-refractivity contribution in [2.24, 2.45) is 5.41 Å². The molecule has 4 nitrogen and oxygen atoms in total. The first-order valence-electron chi connectivity index (χ1n) is 7.49. The van der Waals surface area contributed by atoms with Gasteiger partial charge in [-0.05, 0) is 39.0 Å². The van der Waals surface area contributed by atoms with Crippen molar-refractivity contribution in [2.45, 2.75) is 66.8 Å². The molecule has 0 aliphatic carbocycles. The molecule has 0 radical (unpaired) electrons. The molecule has 0 unspecified atom stereocenters. The molecule has 114 valence electrons. The minimum Gasteiger partial charge on any atom is -0.370 e. The van der Waals surface area contributed by atoms with Gasteiger partial charge in [-0.3, -0.25) is 0 Å². The molecule has 0 aliphatic rings.